The Morgan fingerprint density at radius 3 is 2.60 bits per heavy atom. The number of hydrogen-bond donors (Lipinski definition) is 1. The third-order valence-electron chi connectivity index (χ3n) is 4.15. The number of aliphatic hydroxyl groups excluding tert-OH is 1. The van der Waals surface area contributed by atoms with Gasteiger partial charge in [0, 0.05) is 18.7 Å². The predicted molar refractivity (Wildman–Crippen MR) is 90.2 cm³/mol. The fourth-order valence-corrected chi connectivity index (χ4v) is 2.84. The van der Waals surface area contributed by atoms with E-state index in [-0.39, 0.29) is 12.0 Å². The maximum Gasteiger partial charge on any atom is 0.256 e. The molecule has 1 aromatic heterocycles. The molecule has 2 atom stereocenters. The molecule has 3 rings (SSSR count). The van der Waals surface area contributed by atoms with Crippen LogP contribution in [0.3, 0.4) is 0 Å². The molecule has 25 heavy (non-hydrogen) atoms. The van der Waals surface area contributed by atoms with Gasteiger partial charge in [0.2, 0.25) is 11.8 Å². The number of carbonyl (C=O) groups is 1. The summed E-state index contributed by atoms with van der Waals surface area (Å²) in [5.74, 6) is 0.503. The number of ether oxygens (including phenoxy) is 2. The molecule has 0 spiro atoms. The summed E-state index contributed by atoms with van der Waals surface area (Å²) in [5, 5.41) is 18.1. The van der Waals surface area contributed by atoms with E-state index in [0.717, 1.165) is 12.8 Å². The van der Waals surface area contributed by atoms with E-state index in [9.17, 15) is 9.90 Å². The molecule has 132 valence electrons. The third-order valence-corrected chi connectivity index (χ3v) is 4.15. The summed E-state index contributed by atoms with van der Waals surface area (Å²) < 4.78 is 10.8. The van der Waals surface area contributed by atoms with Gasteiger partial charge in [-0.25, -0.2) is 0 Å². The standard InChI is InChI=1S/C18H21N3O4/c1-24-15-9-10-16(20-19-15)25-14-8-5-11-21(12-14)18(23)17(22)13-6-3-2-4-7-13/h2-4,6-7,9-10,14,17,22H,5,8,11-12H2,1H3. The number of carbonyl (C=O) groups excluding carboxylic acids is 1. The number of nitrogens with zero attached hydrogens (tertiary/aromatic N) is 3. The van der Waals surface area contributed by atoms with E-state index in [2.05, 4.69) is 10.2 Å². The van der Waals surface area contributed by atoms with Gasteiger partial charge in [-0.15, -0.1) is 10.2 Å². The number of benzene rings is 1. The van der Waals surface area contributed by atoms with Crippen molar-refractivity contribution in [1.29, 1.82) is 0 Å². The number of hydrogen-bond acceptors (Lipinski definition) is 6. The van der Waals surface area contributed by atoms with Crippen molar-refractivity contribution in [2.24, 2.45) is 0 Å². The van der Waals surface area contributed by atoms with Crippen molar-refractivity contribution in [1.82, 2.24) is 15.1 Å². The van der Waals surface area contributed by atoms with Crippen molar-refractivity contribution in [3.05, 3.63) is 48.0 Å². The third kappa shape index (κ3) is 4.24. The van der Waals surface area contributed by atoms with Crippen LogP contribution in [0, 0.1) is 0 Å². The first-order chi connectivity index (χ1) is 12.2. The molecule has 2 aromatic rings. The van der Waals surface area contributed by atoms with Gasteiger partial charge in [-0.1, -0.05) is 30.3 Å². The average Bonchev–Trinajstić information content (AvgIpc) is 2.68. The topological polar surface area (TPSA) is 84.8 Å². The molecule has 0 bridgehead atoms. The summed E-state index contributed by atoms with van der Waals surface area (Å²) >= 11 is 0. The van der Waals surface area contributed by atoms with Crippen molar-refractivity contribution in [3.8, 4) is 11.8 Å². The number of amides is 1. The molecule has 2 heterocycles. The zero-order chi connectivity index (χ0) is 17.6. The van der Waals surface area contributed by atoms with E-state index in [0.29, 0.717) is 30.4 Å². The van der Waals surface area contributed by atoms with Gasteiger partial charge in [-0.2, -0.15) is 0 Å². The molecule has 7 heteroatoms. The molecular weight excluding hydrogens is 322 g/mol. The molecule has 0 aliphatic carbocycles. The summed E-state index contributed by atoms with van der Waals surface area (Å²) in [5.41, 5.74) is 0.594. The highest BCUT2D eigenvalue weighted by Gasteiger charge is 2.29. The van der Waals surface area contributed by atoms with Gasteiger partial charge < -0.3 is 19.5 Å². The molecule has 1 amide bonds. The predicted octanol–water partition coefficient (Wildman–Crippen LogP) is 1.59. The van der Waals surface area contributed by atoms with Gasteiger partial charge in [0.1, 0.15) is 6.10 Å². The van der Waals surface area contributed by atoms with Crippen LogP contribution in [-0.4, -0.2) is 52.4 Å². The van der Waals surface area contributed by atoms with Crippen LogP contribution in [0.5, 0.6) is 11.8 Å². The Morgan fingerprint density at radius 2 is 1.92 bits per heavy atom. The van der Waals surface area contributed by atoms with Gasteiger partial charge in [0.15, 0.2) is 6.10 Å². The van der Waals surface area contributed by atoms with Crippen LogP contribution in [0.25, 0.3) is 0 Å². The maximum atomic E-state index is 12.6. The number of aromatic nitrogens is 2. The van der Waals surface area contributed by atoms with Gasteiger partial charge in [0.25, 0.3) is 5.91 Å². The lowest BCUT2D eigenvalue weighted by Crippen LogP contribution is -2.46. The van der Waals surface area contributed by atoms with E-state index in [1.165, 1.54) is 7.11 Å². The van der Waals surface area contributed by atoms with Crippen molar-refractivity contribution >= 4 is 5.91 Å². The Bertz CT molecular complexity index is 693. The fourth-order valence-electron chi connectivity index (χ4n) is 2.84. The number of rotatable bonds is 5. The van der Waals surface area contributed by atoms with Gasteiger partial charge in [0.05, 0.1) is 13.7 Å². The Labute approximate surface area is 146 Å². The highest BCUT2D eigenvalue weighted by Crippen LogP contribution is 2.21. The number of aliphatic hydroxyl groups is 1. The molecular formula is C18H21N3O4. The minimum Gasteiger partial charge on any atom is -0.480 e. The monoisotopic (exact) mass is 343 g/mol. The average molecular weight is 343 g/mol. The van der Waals surface area contributed by atoms with Crippen LogP contribution < -0.4 is 9.47 Å². The van der Waals surface area contributed by atoms with Crippen molar-refractivity contribution < 1.29 is 19.4 Å². The summed E-state index contributed by atoms with van der Waals surface area (Å²) in [6.07, 6.45) is 0.296. The molecule has 1 aliphatic heterocycles. The highest BCUT2D eigenvalue weighted by atomic mass is 16.5. The van der Waals surface area contributed by atoms with Crippen LogP contribution >= 0.6 is 0 Å². The molecule has 1 N–H and O–H groups in total. The molecule has 1 aromatic carbocycles. The van der Waals surface area contributed by atoms with E-state index in [1.807, 2.05) is 6.07 Å². The lowest BCUT2D eigenvalue weighted by molar-refractivity contribution is -0.143. The van der Waals surface area contributed by atoms with Crippen molar-refractivity contribution in [3.63, 3.8) is 0 Å². The van der Waals surface area contributed by atoms with Gasteiger partial charge in [-0.05, 0) is 18.4 Å². The molecule has 1 saturated heterocycles. The lowest BCUT2D eigenvalue weighted by atomic mass is 10.0. The quantitative estimate of drug-likeness (QED) is 0.887. The van der Waals surface area contributed by atoms with E-state index in [4.69, 9.17) is 9.47 Å². The second kappa shape index (κ2) is 7.94. The largest absolute Gasteiger partial charge is 0.480 e. The second-order valence-electron chi connectivity index (χ2n) is 5.89. The Hall–Kier alpha value is -2.67. The summed E-state index contributed by atoms with van der Waals surface area (Å²) in [6.45, 7) is 1.02. The van der Waals surface area contributed by atoms with Crippen LogP contribution in [0.1, 0.15) is 24.5 Å². The zero-order valence-electron chi connectivity index (χ0n) is 14.0. The fraction of sp³-hybridized carbons (Fsp3) is 0.389. The minimum absolute atomic E-state index is 0.177. The van der Waals surface area contributed by atoms with Gasteiger partial charge >= 0.3 is 0 Å². The molecule has 0 radical (unpaired) electrons. The van der Waals surface area contributed by atoms with Crippen LogP contribution in [0.4, 0.5) is 0 Å². The van der Waals surface area contributed by atoms with E-state index < -0.39 is 6.10 Å². The number of methoxy groups -OCH3 is 1. The molecule has 0 saturated carbocycles. The molecule has 7 nitrogen and oxygen atoms in total. The van der Waals surface area contributed by atoms with Crippen LogP contribution in [-0.2, 0) is 4.79 Å². The number of piperidine rings is 1. The van der Waals surface area contributed by atoms with Crippen LogP contribution in [0.2, 0.25) is 0 Å². The molecule has 2 unspecified atom stereocenters. The Morgan fingerprint density at radius 1 is 1.20 bits per heavy atom. The summed E-state index contributed by atoms with van der Waals surface area (Å²) in [7, 11) is 1.52. The zero-order valence-corrected chi connectivity index (χ0v) is 14.0. The first kappa shape index (κ1) is 17.2. The van der Waals surface area contributed by atoms with E-state index >= 15 is 0 Å². The second-order valence-corrected chi connectivity index (χ2v) is 5.89. The van der Waals surface area contributed by atoms with Crippen molar-refractivity contribution in [2.45, 2.75) is 25.0 Å². The molecule has 1 fully saturated rings. The van der Waals surface area contributed by atoms with Crippen molar-refractivity contribution in [2.75, 3.05) is 20.2 Å². The minimum atomic E-state index is -1.15. The number of likely N-dealkylation sites (tertiary alicyclic amines) is 1. The molecule has 1 aliphatic rings. The summed E-state index contributed by atoms with van der Waals surface area (Å²) in [6, 6.07) is 12.3. The smallest absolute Gasteiger partial charge is 0.256 e. The lowest BCUT2D eigenvalue weighted by Gasteiger charge is -2.33. The summed E-state index contributed by atoms with van der Waals surface area (Å²) in [4.78, 5) is 14.2. The highest BCUT2D eigenvalue weighted by molar-refractivity contribution is 5.82. The Balaban J connectivity index is 1.61. The first-order valence-electron chi connectivity index (χ1n) is 8.23. The normalized spacial score (nSPS) is 18.5. The first-order valence-corrected chi connectivity index (χ1v) is 8.23. The Kier molecular flexibility index (Phi) is 5.45. The van der Waals surface area contributed by atoms with Crippen LogP contribution in [0.15, 0.2) is 42.5 Å². The van der Waals surface area contributed by atoms with Gasteiger partial charge in [-0.3, -0.25) is 4.79 Å². The van der Waals surface area contributed by atoms with E-state index in [1.54, 1.807) is 41.3 Å². The maximum absolute atomic E-state index is 12.6. The SMILES string of the molecule is COc1ccc(OC2CCCN(C(=O)C(O)c3ccccc3)C2)nn1.